The molecule has 0 saturated heterocycles. The molecule has 4 aromatic rings. The molecule has 1 aromatic carbocycles. The topological polar surface area (TPSA) is 55.1 Å². The quantitative estimate of drug-likeness (QED) is 0.604. The van der Waals surface area contributed by atoms with Crippen molar-refractivity contribution in [1.29, 1.82) is 0 Å². The molecular weight excluding hydrogens is 305 g/mol. The van der Waals surface area contributed by atoms with Crippen LogP contribution < -0.4 is 5.32 Å². The molecule has 6 heteroatoms. The Labute approximate surface area is 138 Å². The van der Waals surface area contributed by atoms with E-state index in [1.165, 1.54) is 12.1 Å². The second-order valence-corrected chi connectivity index (χ2v) is 5.93. The van der Waals surface area contributed by atoms with Crippen LogP contribution >= 0.6 is 0 Å². The molecule has 120 valence electrons. The van der Waals surface area contributed by atoms with Crippen LogP contribution in [0.4, 0.5) is 15.9 Å². The molecule has 24 heavy (non-hydrogen) atoms. The average Bonchev–Trinajstić information content (AvgIpc) is 2.88. The zero-order chi connectivity index (χ0) is 16.8. The second kappa shape index (κ2) is 5.26. The fourth-order valence-electron chi connectivity index (χ4n) is 2.91. The monoisotopic (exact) mass is 321 g/mol. The molecule has 0 bridgehead atoms. The van der Waals surface area contributed by atoms with E-state index >= 15 is 0 Å². The molecular formula is C18H16FN5. The van der Waals surface area contributed by atoms with Gasteiger partial charge in [-0.05, 0) is 56.7 Å². The van der Waals surface area contributed by atoms with Gasteiger partial charge in [0, 0.05) is 23.1 Å². The number of fused-ring (bicyclic) bond motifs is 3. The zero-order valence-electron chi connectivity index (χ0n) is 13.6. The number of rotatable bonds is 2. The van der Waals surface area contributed by atoms with Gasteiger partial charge in [-0.25, -0.2) is 14.4 Å². The number of aryl methyl sites for hydroxylation is 3. The van der Waals surface area contributed by atoms with Crippen LogP contribution in [0.25, 0.3) is 16.7 Å². The maximum absolute atomic E-state index is 13.1. The molecule has 0 radical (unpaired) electrons. The van der Waals surface area contributed by atoms with Crippen molar-refractivity contribution in [1.82, 2.24) is 19.6 Å². The molecule has 3 aromatic heterocycles. The van der Waals surface area contributed by atoms with Gasteiger partial charge in [0.2, 0.25) is 0 Å². The van der Waals surface area contributed by atoms with E-state index < -0.39 is 0 Å². The molecule has 3 heterocycles. The van der Waals surface area contributed by atoms with Gasteiger partial charge in [0.25, 0.3) is 0 Å². The van der Waals surface area contributed by atoms with Gasteiger partial charge in [0.1, 0.15) is 11.6 Å². The van der Waals surface area contributed by atoms with Crippen LogP contribution in [0.3, 0.4) is 0 Å². The Morgan fingerprint density at radius 1 is 0.958 bits per heavy atom. The van der Waals surface area contributed by atoms with Crippen molar-refractivity contribution in [3.8, 4) is 0 Å². The second-order valence-electron chi connectivity index (χ2n) is 5.93. The molecule has 0 amide bonds. The van der Waals surface area contributed by atoms with Crippen LogP contribution in [-0.2, 0) is 0 Å². The fourth-order valence-corrected chi connectivity index (χ4v) is 2.91. The standard InChI is InChI=1S/C18H16FN5/c1-10-8-11(2)20-17-16(10)18-21-12(3)9-15(24(18)23-17)22-14-6-4-13(19)5-7-14/h4-9,22H,1-3H3. The lowest BCUT2D eigenvalue weighted by atomic mass is 10.2. The lowest BCUT2D eigenvalue weighted by Crippen LogP contribution is -2.02. The van der Waals surface area contributed by atoms with Crippen molar-refractivity contribution in [2.45, 2.75) is 20.8 Å². The van der Waals surface area contributed by atoms with Gasteiger partial charge in [-0.3, -0.25) is 0 Å². The lowest BCUT2D eigenvalue weighted by molar-refractivity contribution is 0.628. The summed E-state index contributed by atoms with van der Waals surface area (Å²) in [5.41, 5.74) is 5.11. The van der Waals surface area contributed by atoms with E-state index in [1.807, 2.05) is 32.9 Å². The van der Waals surface area contributed by atoms with Crippen LogP contribution in [0.15, 0.2) is 36.4 Å². The van der Waals surface area contributed by atoms with E-state index in [4.69, 9.17) is 0 Å². The Balaban J connectivity index is 1.95. The van der Waals surface area contributed by atoms with E-state index in [-0.39, 0.29) is 5.82 Å². The summed E-state index contributed by atoms with van der Waals surface area (Å²) in [6.45, 7) is 5.92. The van der Waals surface area contributed by atoms with Gasteiger partial charge in [-0.2, -0.15) is 4.52 Å². The van der Waals surface area contributed by atoms with Gasteiger partial charge in [0.05, 0.1) is 5.39 Å². The van der Waals surface area contributed by atoms with Gasteiger partial charge in [0.15, 0.2) is 11.3 Å². The van der Waals surface area contributed by atoms with Crippen molar-refractivity contribution in [2.75, 3.05) is 5.32 Å². The first-order valence-corrected chi connectivity index (χ1v) is 7.68. The van der Waals surface area contributed by atoms with E-state index in [9.17, 15) is 4.39 Å². The molecule has 4 rings (SSSR count). The van der Waals surface area contributed by atoms with Crippen LogP contribution in [0.5, 0.6) is 0 Å². The number of benzene rings is 1. The number of pyridine rings is 1. The normalized spacial score (nSPS) is 11.3. The molecule has 0 aliphatic rings. The van der Waals surface area contributed by atoms with E-state index in [1.54, 1.807) is 16.6 Å². The summed E-state index contributed by atoms with van der Waals surface area (Å²) in [5.74, 6) is 0.496. The predicted octanol–water partition coefficient (Wildman–Crippen LogP) is 4.09. The molecule has 0 spiro atoms. The minimum Gasteiger partial charge on any atom is -0.340 e. The summed E-state index contributed by atoms with van der Waals surface area (Å²) in [5, 5.41) is 8.82. The third-order valence-corrected chi connectivity index (χ3v) is 3.92. The van der Waals surface area contributed by atoms with Gasteiger partial charge >= 0.3 is 0 Å². The number of hydrogen-bond donors (Lipinski definition) is 1. The highest BCUT2D eigenvalue weighted by Gasteiger charge is 2.14. The molecule has 0 aliphatic heterocycles. The molecule has 1 N–H and O–H groups in total. The molecule has 0 saturated carbocycles. The first-order valence-electron chi connectivity index (χ1n) is 7.68. The average molecular weight is 321 g/mol. The van der Waals surface area contributed by atoms with Crippen LogP contribution in [-0.4, -0.2) is 19.6 Å². The van der Waals surface area contributed by atoms with Crippen molar-refractivity contribution >= 4 is 28.2 Å². The summed E-state index contributed by atoms with van der Waals surface area (Å²) < 4.78 is 14.9. The highest BCUT2D eigenvalue weighted by Crippen LogP contribution is 2.26. The third kappa shape index (κ3) is 2.36. The molecule has 0 atom stereocenters. The van der Waals surface area contributed by atoms with Gasteiger partial charge < -0.3 is 5.32 Å². The summed E-state index contributed by atoms with van der Waals surface area (Å²) in [4.78, 5) is 9.14. The van der Waals surface area contributed by atoms with Crippen molar-refractivity contribution in [3.05, 3.63) is 59.2 Å². The van der Waals surface area contributed by atoms with Crippen LogP contribution in [0.2, 0.25) is 0 Å². The zero-order valence-corrected chi connectivity index (χ0v) is 13.6. The van der Waals surface area contributed by atoms with E-state index in [2.05, 4.69) is 20.4 Å². The summed E-state index contributed by atoms with van der Waals surface area (Å²) in [7, 11) is 0. The summed E-state index contributed by atoms with van der Waals surface area (Å²) in [6, 6.07) is 10.2. The molecule has 0 aliphatic carbocycles. The number of aromatic nitrogens is 4. The predicted molar refractivity (Wildman–Crippen MR) is 92.2 cm³/mol. The number of halogens is 1. The van der Waals surface area contributed by atoms with Crippen molar-refractivity contribution < 1.29 is 4.39 Å². The van der Waals surface area contributed by atoms with Crippen LogP contribution in [0, 0.1) is 26.6 Å². The maximum Gasteiger partial charge on any atom is 0.184 e. The van der Waals surface area contributed by atoms with Gasteiger partial charge in [-0.15, -0.1) is 5.10 Å². The largest absolute Gasteiger partial charge is 0.340 e. The lowest BCUT2D eigenvalue weighted by Gasteiger charge is -2.09. The summed E-state index contributed by atoms with van der Waals surface area (Å²) in [6.07, 6.45) is 0. The number of hydrogen-bond acceptors (Lipinski definition) is 4. The van der Waals surface area contributed by atoms with Crippen molar-refractivity contribution in [3.63, 3.8) is 0 Å². The number of nitrogens with one attached hydrogen (secondary N) is 1. The molecule has 0 fully saturated rings. The molecule has 0 unspecified atom stereocenters. The number of nitrogens with zero attached hydrogens (tertiary/aromatic N) is 4. The Hall–Kier alpha value is -3.02. The highest BCUT2D eigenvalue weighted by molar-refractivity contribution is 5.93. The minimum absolute atomic E-state index is 0.267. The molecule has 5 nitrogen and oxygen atoms in total. The first kappa shape index (κ1) is 14.6. The third-order valence-electron chi connectivity index (χ3n) is 3.92. The minimum atomic E-state index is -0.267. The fraction of sp³-hybridized carbons (Fsp3) is 0.167. The van der Waals surface area contributed by atoms with Crippen LogP contribution in [0.1, 0.15) is 17.0 Å². The number of anilines is 2. The summed E-state index contributed by atoms with van der Waals surface area (Å²) >= 11 is 0. The smallest absolute Gasteiger partial charge is 0.184 e. The Bertz CT molecular complexity index is 1070. The van der Waals surface area contributed by atoms with Crippen molar-refractivity contribution in [2.24, 2.45) is 0 Å². The van der Waals surface area contributed by atoms with E-state index in [0.717, 1.165) is 39.5 Å². The SMILES string of the molecule is Cc1cc(C)c2c(n1)nn1c(Nc3ccc(F)cc3)cc(C)nc21. The highest BCUT2D eigenvalue weighted by atomic mass is 19.1. The Morgan fingerprint density at radius 2 is 1.67 bits per heavy atom. The van der Waals surface area contributed by atoms with Gasteiger partial charge in [-0.1, -0.05) is 0 Å². The first-order chi connectivity index (χ1) is 11.5. The van der Waals surface area contributed by atoms with E-state index in [0.29, 0.717) is 5.65 Å². The Kier molecular flexibility index (Phi) is 3.19. The maximum atomic E-state index is 13.1. The Morgan fingerprint density at radius 3 is 2.42 bits per heavy atom.